The molecule has 51 heavy (non-hydrogen) atoms. The van der Waals surface area contributed by atoms with Crippen molar-refractivity contribution in [2.75, 3.05) is 38.2 Å². The molecule has 2 fully saturated rings. The van der Waals surface area contributed by atoms with Crippen molar-refractivity contribution in [1.82, 2.24) is 35.6 Å². The molecule has 11 heteroatoms. The molecule has 6 rings (SSSR count). The number of aromatic nitrogens is 3. The molecule has 2 aromatic carbocycles. The van der Waals surface area contributed by atoms with Crippen LogP contribution in [0.15, 0.2) is 48.7 Å². The molecule has 272 valence electrons. The molecule has 0 aliphatic carbocycles. The number of rotatable bonds is 14. The van der Waals surface area contributed by atoms with Crippen LogP contribution in [0.3, 0.4) is 0 Å². The first kappa shape index (κ1) is 36.5. The topological polar surface area (TPSA) is 125 Å². The number of ether oxygens (including phenoxy) is 1. The molecule has 0 radical (unpaired) electrons. The van der Waals surface area contributed by atoms with Gasteiger partial charge in [0, 0.05) is 95.2 Å². The number of carbonyl (C=O) groups is 2. The third-order valence-corrected chi connectivity index (χ3v) is 10.1. The fraction of sp³-hybridized carbons (Fsp3) is 0.500. The highest BCUT2D eigenvalue weighted by Crippen LogP contribution is 2.31. The summed E-state index contributed by atoms with van der Waals surface area (Å²) >= 11 is 0. The molecule has 1 atom stereocenters. The second-order valence-electron chi connectivity index (χ2n) is 14.0. The van der Waals surface area contributed by atoms with Gasteiger partial charge >= 0.3 is 0 Å². The molecular weight excluding hydrogens is 640 g/mol. The SMILES string of the molecule is CCc1nc2c(cnn2CC)c(NC2CCOCC2)c1CNC(=O)CCC(=O)NCc1ccc(C)c(-c2cccc(CN3CCN[C@@H](C)C3)c2)c1. The predicted octanol–water partition coefficient (Wildman–Crippen LogP) is 5.09. The maximum absolute atomic E-state index is 13.0. The van der Waals surface area contributed by atoms with Gasteiger partial charge in [0.05, 0.1) is 17.3 Å². The number of carbonyl (C=O) groups excluding carboxylic acids is 2. The van der Waals surface area contributed by atoms with Gasteiger partial charge in [-0.3, -0.25) is 14.5 Å². The number of hydrogen-bond donors (Lipinski definition) is 4. The van der Waals surface area contributed by atoms with Crippen LogP contribution >= 0.6 is 0 Å². The Bertz CT molecular complexity index is 1810. The summed E-state index contributed by atoms with van der Waals surface area (Å²) in [6.07, 6.45) is 4.65. The lowest BCUT2D eigenvalue weighted by Gasteiger charge is -2.31. The van der Waals surface area contributed by atoms with Crippen molar-refractivity contribution in [1.29, 1.82) is 0 Å². The highest BCUT2D eigenvalue weighted by atomic mass is 16.5. The first-order valence-corrected chi connectivity index (χ1v) is 18.7. The standard InChI is InChI=1S/C40H54N8O3/c1-5-36-34(39(45-32-14-18-51-19-15-32)35-24-44-48(6-2)40(35)46-36)23-43-38(50)13-12-37(49)42-22-29-11-10-27(3)33(21-29)31-9-7-8-30(20-31)26-47-17-16-41-28(4)25-47/h7-11,20-21,24,28,32,41H,5-6,12-19,22-23,25-26H2,1-4H3,(H,42,49)(H,43,50)(H,45,46)/t28-/m0/s1. The fourth-order valence-electron chi connectivity index (χ4n) is 7.23. The van der Waals surface area contributed by atoms with Crippen molar-refractivity contribution in [3.05, 3.63) is 76.6 Å². The van der Waals surface area contributed by atoms with Crippen molar-refractivity contribution in [2.24, 2.45) is 0 Å². The lowest BCUT2D eigenvalue weighted by atomic mass is 9.96. The highest BCUT2D eigenvalue weighted by molar-refractivity contribution is 5.92. The molecule has 4 aromatic rings. The molecule has 2 aliphatic rings. The van der Waals surface area contributed by atoms with Gasteiger partial charge in [-0.15, -0.1) is 0 Å². The number of anilines is 1. The van der Waals surface area contributed by atoms with Crippen molar-refractivity contribution in [3.8, 4) is 11.1 Å². The molecule has 0 bridgehead atoms. The van der Waals surface area contributed by atoms with E-state index in [-0.39, 0.29) is 30.7 Å². The molecule has 0 saturated carbocycles. The Morgan fingerprint density at radius 2 is 1.78 bits per heavy atom. The average molecular weight is 695 g/mol. The van der Waals surface area contributed by atoms with Crippen LogP contribution in [0.5, 0.6) is 0 Å². The largest absolute Gasteiger partial charge is 0.381 e. The molecule has 2 saturated heterocycles. The van der Waals surface area contributed by atoms with E-state index in [0.29, 0.717) is 19.1 Å². The number of amides is 2. The summed E-state index contributed by atoms with van der Waals surface area (Å²) in [4.78, 5) is 33.4. The summed E-state index contributed by atoms with van der Waals surface area (Å²) in [5.41, 5.74) is 9.63. The number of aryl methyl sites for hydroxylation is 3. The number of piperazine rings is 1. The molecular formula is C40H54N8O3. The van der Waals surface area contributed by atoms with E-state index in [9.17, 15) is 9.59 Å². The minimum Gasteiger partial charge on any atom is -0.381 e. The summed E-state index contributed by atoms with van der Waals surface area (Å²) in [6, 6.07) is 15.9. The molecule has 2 amide bonds. The van der Waals surface area contributed by atoms with E-state index in [1.807, 2.05) is 10.9 Å². The third-order valence-electron chi connectivity index (χ3n) is 10.1. The van der Waals surface area contributed by atoms with E-state index in [4.69, 9.17) is 9.72 Å². The Morgan fingerprint density at radius 1 is 1.00 bits per heavy atom. The van der Waals surface area contributed by atoms with Gasteiger partial charge in [0.15, 0.2) is 5.65 Å². The van der Waals surface area contributed by atoms with Crippen LogP contribution in [-0.4, -0.2) is 76.4 Å². The van der Waals surface area contributed by atoms with Crippen molar-refractivity contribution >= 4 is 28.5 Å². The highest BCUT2D eigenvalue weighted by Gasteiger charge is 2.22. The van der Waals surface area contributed by atoms with Gasteiger partial charge in [-0.2, -0.15) is 5.10 Å². The first-order valence-electron chi connectivity index (χ1n) is 18.7. The van der Waals surface area contributed by atoms with Crippen molar-refractivity contribution in [3.63, 3.8) is 0 Å². The van der Waals surface area contributed by atoms with Gasteiger partial charge in [0.2, 0.25) is 11.8 Å². The summed E-state index contributed by atoms with van der Waals surface area (Å²) in [5.74, 6) is -0.313. The number of hydrogen-bond acceptors (Lipinski definition) is 8. The fourth-order valence-corrected chi connectivity index (χ4v) is 7.23. The second kappa shape index (κ2) is 17.3. The van der Waals surface area contributed by atoms with E-state index in [0.717, 1.165) is 98.7 Å². The molecule has 11 nitrogen and oxygen atoms in total. The zero-order valence-corrected chi connectivity index (χ0v) is 30.7. The van der Waals surface area contributed by atoms with Gasteiger partial charge in [-0.25, -0.2) is 9.67 Å². The van der Waals surface area contributed by atoms with Gasteiger partial charge in [0.25, 0.3) is 0 Å². The summed E-state index contributed by atoms with van der Waals surface area (Å²) in [5, 5.41) is 18.9. The van der Waals surface area contributed by atoms with Crippen LogP contribution in [0.4, 0.5) is 5.69 Å². The normalized spacial score (nSPS) is 17.1. The maximum Gasteiger partial charge on any atom is 0.220 e. The summed E-state index contributed by atoms with van der Waals surface area (Å²) < 4.78 is 7.50. The maximum atomic E-state index is 13.0. The Balaban J connectivity index is 1.04. The van der Waals surface area contributed by atoms with Gasteiger partial charge < -0.3 is 26.0 Å². The van der Waals surface area contributed by atoms with Crippen molar-refractivity contribution < 1.29 is 14.3 Å². The zero-order chi connectivity index (χ0) is 35.7. The predicted molar refractivity (Wildman–Crippen MR) is 202 cm³/mol. The van der Waals surface area contributed by atoms with E-state index in [1.165, 1.54) is 22.3 Å². The van der Waals surface area contributed by atoms with E-state index in [1.54, 1.807) is 0 Å². The van der Waals surface area contributed by atoms with E-state index < -0.39 is 0 Å². The van der Waals surface area contributed by atoms with Crippen LogP contribution in [-0.2, 0) is 46.9 Å². The Morgan fingerprint density at radius 3 is 2.53 bits per heavy atom. The van der Waals surface area contributed by atoms with Crippen LogP contribution in [0, 0.1) is 6.92 Å². The van der Waals surface area contributed by atoms with Gasteiger partial charge in [-0.1, -0.05) is 37.3 Å². The lowest BCUT2D eigenvalue weighted by Crippen LogP contribution is -2.48. The second-order valence-corrected chi connectivity index (χ2v) is 14.0. The minimum atomic E-state index is -0.165. The Kier molecular flexibility index (Phi) is 12.3. The molecule has 0 spiro atoms. The zero-order valence-electron chi connectivity index (χ0n) is 30.7. The van der Waals surface area contributed by atoms with Crippen LogP contribution < -0.4 is 21.3 Å². The Hall–Kier alpha value is -4.32. The first-order chi connectivity index (χ1) is 24.8. The quantitative estimate of drug-likeness (QED) is 0.144. The number of nitrogens with one attached hydrogen (secondary N) is 4. The molecule has 4 heterocycles. The van der Waals surface area contributed by atoms with E-state index in [2.05, 4.69) is 101 Å². The molecule has 2 aliphatic heterocycles. The third kappa shape index (κ3) is 9.32. The summed E-state index contributed by atoms with van der Waals surface area (Å²) in [7, 11) is 0. The smallest absolute Gasteiger partial charge is 0.220 e. The molecule has 0 unspecified atom stereocenters. The number of nitrogens with zero attached hydrogens (tertiary/aromatic N) is 4. The molecule has 4 N–H and O–H groups in total. The average Bonchev–Trinajstić information content (AvgIpc) is 3.56. The Labute approximate surface area is 301 Å². The van der Waals surface area contributed by atoms with Gasteiger partial charge in [0.1, 0.15) is 0 Å². The van der Waals surface area contributed by atoms with Crippen molar-refractivity contribution in [2.45, 2.75) is 98.1 Å². The number of fused-ring (bicyclic) bond motifs is 1. The van der Waals surface area contributed by atoms with Crippen LogP contribution in [0.2, 0.25) is 0 Å². The van der Waals surface area contributed by atoms with Crippen LogP contribution in [0.1, 0.15) is 74.4 Å². The van der Waals surface area contributed by atoms with Crippen LogP contribution in [0.25, 0.3) is 22.2 Å². The monoisotopic (exact) mass is 694 g/mol. The number of benzene rings is 2. The lowest BCUT2D eigenvalue weighted by molar-refractivity contribution is -0.126. The molecule has 2 aromatic heterocycles. The number of pyridine rings is 1. The van der Waals surface area contributed by atoms with E-state index >= 15 is 0 Å². The minimum absolute atomic E-state index is 0.108. The van der Waals surface area contributed by atoms with Gasteiger partial charge in [-0.05, 0) is 80.0 Å². The summed E-state index contributed by atoms with van der Waals surface area (Å²) in [6.45, 7) is 15.5.